The van der Waals surface area contributed by atoms with Gasteiger partial charge in [-0.1, -0.05) is 13.8 Å². The highest BCUT2D eigenvalue weighted by Crippen LogP contribution is 2.07. The normalized spacial score (nSPS) is 13.6. The third-order valence-electron chi connectivity index (χ3n) is 2.34. The van der Waals surface area contributed by atoms with Crippen molar-refractivity contribution in [3.05, 3.63) is 18.2 Å². The Morgan fingerprint density at radius 1 is 1.62 bits per heavy atom. The van der Waals surface area contributed by atoms with Gasteiger partial charge in [-0.2, -0.15) is 0 Å². The predicted octanol–water partition coefficient (Wildman–Crippen LogP) is 0.451. The summed E-state index contributed by atoms with van der Waals surface area (Å²) in [4.78, 5) is 4.25. The molecule has 74 valence electrons. The molecule has 0 fully saturated rings. The van der Waals surface area contributed by atoms with E-state index in [4.69, 9.17) is 5.84 Å². The van der Waals surface area contributed by atoms with Gasteiger partial charge in [-0.15, -0.1) is 0 Å². The van der Waals surface area contributed by atoms with Gasteiger partial charge in [-0.05, 0) is 5.92 Å². The third kappa shape index (κ3) is 2.54. The monoisotopic (exact) mass is 182 g/mol. The summed E-state index contributed by atoms with van der Waals surface area (Å²) in [6.45, 7) is 4.29. The summed E-state index contributed by atoms with van der Waals surface area (Å²) in [6, 6.07) is 0.293. The van der Waals surface area contributed by atoms with Crippen LogP contribution in [0.5, 0.6) is 0 Å². The van der Waals surface area contributed by atoms with E-state index in [-0.39, 0.29) is 0 Å². The molecular formula is C9H18N4. The van der Waals surface area contributed by atoms with Crippen molar-refractivity contribution in [1.29, 1.82) is 0 Å². The van der Waals surface area contributed by atoms with Gasteiger partial charge in [0.1, 0.15) is 5.82 Å². The van der Waals surface area contributed by atoms with Crippen molar-refractivity contribution in [2.24, 2.45) is 18.8 Å². The molecule has 1 aromatic heterocycles. The Hall–Kier alpha value is -0.870. The summed E-state index contributed by atoms with van der Waals surface area (Å²) in [5, 5.41) is 0. The molecule has 0 aliphatic heterocycles. The first kappa shape index (κ1) is 10.2. The predicted molar refractivity (Wildman–Crippen MR) is 52.9 cm³/mol. The number of hydrogen-bond acceptors (Lipinski definition) is 3. The number of aromatic nitrogens is 2. The van der Waals surface area contributed by atoms with Crippen molar-refractivity contribution in [3.63, 3.8) is 0 Å². The molecule has 0 radical (unpaired) electrons. The highest BCUT2D eigenvalue weighted by atomic mass is 15.2. The molecule has 1 unspecified atom stereocenters. The van der Waals surface area contributed by atoms with Crippen molar-refractivity contribution in [2.45, 2.75) is 26.3 Å². The molecule has 0 amide bonds. The van der Waals surface area contributed by atoms with E-state index in [9.17, 15) is 0 Å². The van der Waals surface area contributed by atoms with Crippen LogP contribution in [0, 0.1) is 5.92 Å². The van der Waals surface area contributed by atoms with E-state index >= 15 is 0 Å². The molecule has 0 saturated carbocycles. The quantitative estimate of drug-likeness (QED) is 0.525. The number of nitrogens with two attached hydrogens (primary N) is 1. The Balaban J connectivity index is 2.62. The smallest absolute Gasteiger partial charge is 0.109 e. The molecule has 4 heteroatoms. The molecule has 0 saturated heterocycles. The average molecular weight is 182 g/mol. The summed E-state index contributed by atoms with van der Waals surface area (Å²) in [6.07, 6.45) is 4.63. The number of nitrogens with one attached hydrogen (secondary N) is 1. The molecule has 3 N–H and O–H groups in total. The minimum Gasteiger partial charge on any atom is -0.338 e. The molecule has 0 spiro atoms. The second-order valence-electron chi connectivity index (χ2n) is 3.68. The summed E-state index contributed by atoms with van der Waals surface area (Å²) >= 11 is 0. The second-order valence-corrected chi connectivity index (χ2v) is 3.68. The number of nitrogens with zero attached hydrogens (tertiary/aromatic N) is 2. The van der Waals surface area contributed by atoms with Crippen molar-refractivity contribution in [1.82, 2.24) is 15.0 Å². The maximum atomic E-state index is 5.45. The van der Waals surface area contributed by atoms with Crippen molar-refractivity contribution >= 4 is 0 Å². The summed E-state index contributed by atoms with van der Waals surface area (Å²) < 4.78 is 2.02. The van der Waals surface area contributed by atoms with Crippen LogP contribution in [0.1, 0.15) is 19.7 Å². The largest absolute Gasteiger partial charge is 0.338 e. The van der Waals surface area contributed by atoms with Gasteiger partial charge < -0.3 is 4.57 Å². The number of imidazole rings is 1. The molecule has 0 aromatic carbocycles. The zero-order valence-corrected chi connectivity index (χ0v) is 8.49. The number of hydrazine groups is 1. The van der Waals surface area contributed by atoms with Gasteiger partial charge in [0.25, 0.3) is 0 Å². The van der Waals surface area contributed by atoms with Gasteiger partial charge in [-0.25, -0.2) is 4.98 Å². The molecule has 0 aliphatic carbocycles. The number of rotatable bonds is 4. The number of aryl methyl sites for hydroxylation is 1. The number of hydrogen-bond donors (Lipinski definition) is 2. The van der Waals surface area contributed by atoms with Crippen LogP contribution in [0.25, 0.3) is 0 Å². The van der Waals surface area contributed by atoms with Crippen LogP contribution in [-0.4, -0.2) is 15.6 Å². The maximum Gasteiger partial charge on any atom is 0.109 e. The van der Waals surface area contributed by atoms with Gasteiger partial charge in [0.05, 0.1) is 0 Å². The SMILES string of the molecule is CC(C)C(Cc1nccn1C)NN. The van der Waals surface area contributed by atoms with Crippen molar-refractivity contribution in [3.8, 4) is 0 Å². The summed E-state index contributed by atoms with van der Waals surface area (Å²) in [7, 11) is 2.00. The van der Waals surface area contributed by atoms with Gasteiger partial charge in [0.15, 0.2) is 0 Å². The van der Waals surface area contributed by atoms with Gasteiger partial charge in [0, 0.05) is 31.9 Å². The average Bonchev–Trinajstić information content (AvgIpc) is 2.46. The van der Waals surface area contributed by atoms with Crippen LogP contribution in [0.3, 0.4) is 0 Å². The Kier molecular flexibility index (Phi) is 3.45. The molecule has 0 aliphatic rings. The van der Waals surface area contributed by atoms with Crippen LogP contribution < -0.4 is 11.3 Å². The zero-order valence-electron chi connectivity index (χ0n) is 8.49. The fourth-order valence-electron chi connectivity index (χ4n) is 1.28. The zero-order chi connectivity index (χ0) is 9.84. The standard InChI is InChI=1S/C9H18N4/c1-7(2)8(12-10)6-9-11-4-5-13(9)3/h4-5,7-8,12H,6,10H2,1-3H3. The van der Waals surface area contributed by atoms with E-state index in [0.29, 0.717) is 12.0 Å². The Labute approximate surface area is 79.1 Å². The first-order valence-corrected chi connectivity index (χ1v) is 4.57. The minimum atomic E-state index is 0.293. The Morgan fingerprint density at radius 2 is 2.31 bits per heavy atom. The molecule has 1 heterocycles. The van der Waals surface area contributed by atoms with Crippen LogP contribution >= 0.6 is 0 Å². The lowest BCUT2D eigenvalue weighted by Gasteiger charge is -2.19. The fourth-order valence-corrected chi connectivity index (χ4v) is 1.28. The fraction of sp³-hybridized carbons (Fsp3) is 0.667. The van der Waals surface area contributed by atoms with Crippen LogP contribution in [-0.2, 0) is 13.5 Å². The highest BCUT2D eigenvalue weighted by Gasteiger charge is 2.13. The van der Waals surface area contributed by atoms with Crippen molar-refractivity contribution in [2.75, 3.05) is 0 Å². The summed E-state index contributed by atoms with van der Waals surface area (Å²) in [5.74, 6) is 7.04. The van der Waals surface area contributed by atoms with Crippen molar-refractivity contribution < 1.29 is 0 Å². The van der Waals surface area contributed by atoms with E-state index in [0.717, 1.165) is 12.2 Å². The molecular weight excluding hydrogens is 164 g/mol. The minimum absolute atomic E-state index is 0.293. The molecule has 4 nitrogen and oxygen atoms in total. The van der Waals surface area contributed by atoms with E-state index in [1.165, 1.54) is 0 Å². The van der Waals surface area contributed by atoms with E-state index in [1.807, 2.05) is 24.0 Å². The van der Waals surface area contributed by atoms with E-state index in [2.05, 4.69) is 24.3 Å². The van der Waals surface area contributed by atoms with E-state index in [1.54, 1.807) is 0 Å². The lowest BCUT2D eigenvalue weighted by Crippen LogP contribution is -2.41. The second kappa shape index (κ2) is 4.39. The van der Waals surface area contributed by atoms with Crippen LogP contribution in [0.2, 0.25) is 0 Å². The van der Waals surface area contributed by atoms with Gasteiger partial charge in [0.2, 0.25) is 0 Å². The lowest BCUT2D eigenvalue weighted by molar-refractivity contribution is 0.395. The van der Waals surface area contributed by atoms with Crippen LogP contribution in [0.15, 0.2) is 12.4 Å². The Bertz CT molecular complexity index is 254. The molecule has 13 heavy (non-hydrogen) atoms. The highest BCUT2D eigenvalue weighted by molar-refractivity contribution is 4.94. The maximum absolute atomic E-state index is 5.45. The third-order valence-corrected chi connectivity index (χ3v) is 2.34. The van der Waals surface area contributed by atoms with Gasteiger partial charge >= 0.3 is 0 Å². The summed E-state index contributed by atoms with van der Waals surface area (Å²) in [5.41, 5.74) is 2.81. The van der Waals surface area contributed by atoms with E-state index < -0.39 is 0 Å². The molecule has 1 atom stereocenters. The first-order chi connectivity index (χ1) is 6.15. The molecule has 1 aromatic rings. The van der Waals surface area contributed by atoms with Gasteiger partial charge in [-0.3, -0.25) is 11.3 Å². The first-order valence-electron chi connectivity index (χ1n) is 4.57. The van der Waals surface area contributed by atoms with Crippen LogP contribution in [0.4, 0.5) is 0 Å². The molecule has 0 bridgehead atoms. The lowest BCUT2D eigenvalue weighted by atomic mass is 10.0. The Morgan fingerprint density at radius 3 is 2.69 bits per heavy atom. The molecule has 1 rings (SSSR count). The topological polar surface area (TPSA) is 55.9 Å².